The molecule has 7 heteroatoms. The van der Waals surface area contributed by atoms with Crippen LogP contribution in [0.5, 0.6) is 11.5 Å². The van der Waals surface area contributed by atoms with Gasteiger partial charge in [0.25, 0.3) is 0 Å². The van der Waals surface area contributed by atoms with Crippen molar-refractivity contribution in [1.29, 1.82) is 0 Å². The van der Waals surface area contributed by atoms with Crippen molar-refractivity contribution < 1.29 is 24.1 Å². The number of β-amino-alcohol motifs (C(OH)–C–C–N with tert-alkyl or cyclic N) is 1. The zero-order chi connectivity index (χ0) is 19.9. The molecule has 1 atom stereocenters. The molecular formula is C21H28N2O5. The van der Waals surface area contributed by atoms with E-state index in [9.17, 15) is 9.90 Å². The average Bonchev–Trinajstić information content (AvgIpc) is 3.22. The van der Waals surface area contributed by atoms with E-state index in [2.05, 4.69) is 4.90 Å². The number of aliphatic hydroxyl groups excluding tert-OH is 1. The molecule has 3 rings (SSSR count). The van der Waals surface area contributed by atoms with Crippen molar-refractivity contribution >= 4 is 5.97 Å². The fourth-order valence-corrected chi connectivity index (χ4v) is 3.58. The second-order valence-corrected chi connectivity index (χ2v) is 6.96. The van der Waals surface area contributed by atoms with Crippen LogP contribution in [-0.2, 0) is 4.74 Å². The number of likely N-dealkylation sites (tertiary alicyclic amines) is 1. The summed E-state index contributed by atoms with van der Waals surface area (Å²) in [6.45, 7) is 2.54. The van der Waals surface area contributed by atoms with Crippen molar-refractivity contribution in [1.82, 2.24) is 9.47 Å². The zero-order valence-electron chi connectivity index (χ0n) is 16.4. The van der Waals surface area contributed by atoms with Crippen molar-refractivity contribution in [3.05, 3.63) is 48.3 Å². The van der Waals surface area contributed by atoms with E-state index in [4.69, 9.17) is 14.2 Å². The quantitative estimate of drug-likeness (QED) is 0.700. The molecule has 2 heterocycles. The average molecular weight is 388 g/mol. The number of carbonyl (C=O) groups excluding carboxylic acids is 1. The highest BCUT2D eigenvalue weighted by molar-refractivity contribution is 5.87. The number of methoxy groups -OCH3 is 2. The van der Waals surface area contributed by atoms with E-state index in [1.807, 2.05) is 41.1 Å². The van der Waals surface area contributed by atoms with Gasteiger partial charge in [-0.3, -0.25) is 0 Å². The molecule has 1 N–H and O–H groups in total. The molecule has 2 aromatic rings. The van der Waals surface area contributed by atoms with Gasteiger partial charge in [0.05, 0.1) is 14.2 Å². The minimum absolute atomic E-state index is 0.246. The summed E-state index contributed by atoms with van der Waals surface area (Å²) in [4.78, 5) is 14.1. The summed E-state index contributed by atoms with van der Waals surface area (Å²) < 4.78 is 17.6. The van der Waals surface area contributed by atoms with Crippen LogP contribution in [0.15, 0.2) is 42.6 Å². The number of ether oxygens (including phenoxy) is 3. The second kappa shape index (κ2) is 9.61. The molecule has 1 fully saturated rings. The van der Waals surface area contributed by atoms with Gasteiger partial charge in [0, 0.05) is 31.9 Å². The Bertz CT molecular complexity index is 750. The number of carbonyl (C=O) groups is 1. The number of piperidine rings is 1. The minimum Gasteiger partial charge on any atom is -0.497 e. The first-order chi connectivity index (χ1) is 13.6. The number of esters is 1. The Morgan fingerprint density at radius 3 is 2.46 bits per heavy atom. The van der Waals surface area contributed by atoms with Gasteiger partial charge in [0.15, 0.2) is 0 Å². The predicted octanol–water partition coefficient (Wildman–Crippen LogP) is 2.36. The van der Waals surface area contributed by atoms with Gasteiger partial charge in [-0.25, -0.2) is 4.79 Å². The van der Waals surface area contributed by atoms with Gasteiger partial charge in [-0.15, -0.1) is 0 Å². The van der Waals surface area contributed by atoms with Crippen molar-refractivity contribution in [3.63, 3.8) is 0 Å². The maximum absolute atomic E-state index is 11.9. The highest BCUT2D eigenvalue weighted by Crippen LogP contribution is 2.25. The van der Waals surface area contributed by atoms with Gasteiger partial charge in [-0.2, -0.15) is 0 Å². The number of benzene rings is 1. The molecule has 0 saturated carbocycles. The van der Waals surface area contributed by atoms with Crippen LogP contribution >= 0.6 is 0 Å². The van der Waals surface area contributed by atoms with Gasteiger partial charge in [-0.05, 0) is 49.2 Å². The summed E-state index contributed by atoms with van der Waals surface area (Å²) in [6, 6.07) is 11.2. The topological polar surface area (TPSA) is 73.2 Å². The molecule has 7 nitrogen and oxygen atoms in total. The zero-order valence-corrected chi connectivity index (χ0v) is 16.4. The highest BCUT2D eigenvalue weighted by atomic mass is 16.5. The van der Waals surface area contributed by atoms with Crippen LogP contribution in [0.4, 0.5) is 0 Å². The first-order valence-corrected chi connectivity index (χ1v) is 9.53. The summed E-state index contributed by atoms with van der Waals surface area (Å²) in [5, 5.41) is 10.3. The molecular weight excluding hydrogens is 360 g/mol. The van der Waals surface area contributed by atoms with Crippen molar-refractivity contribution in [2.75, 3.05) is 40.5 Å². The van der Waals surface area contributed by atoms with Crippen molar-refractivity contribution in [3.8, 4) is 11.5 Å². The first kappa shape index (κ1) is 20.2. The predicted molar refractivity (Wildman–Crippen MR) is 105 cm³/mol. The van der Waals surface area contributed by atoms with Crippen LogP contribution in [0.3, 0.4) is 0 Å². The molecule has 1 unspecified atom stereocenters. The van der Waals surface area contributed by atoms with Gasteiger partial charge in [0.2, 0.25) is 0 Å². The van der Waals surface area contributed by atoms with Crippen LogP contribution in [0, 0.1) is 0 Å². The van der Waals surface area contributed by atoms with Crippen LogP contribution in [0.2, 0.25) is 0 Å². The van der Waals surface area contributed by atoms with Crippen LogP contribution in [0.1, 0.15) is 29.4 Å². The maximum atomic E-state index is 11.9. The second-order valence-electron chi connectivity index (χ2n) is 6.96. The van der Waals surface area contributed by atoms with Gasteiger partial charge < -0.3 is 28.8 Å². The van der Waals surface area contributed by atoms with Gasteiger partial charge >= 0.3 is 5.97 Å². The molecule has 1 aromatic carbocycles. The lowest BCUT2D eigenvalue weighted by Crippen LogP contribution is -2.41. The lowest BCUT2D eigenvalue weighted by atomic mass is 10.0. The summed E-state index contributed by atoms with van der Waals surface area (Å²) in [5.74, 6) is 1.17. The number of hydrogen-bond donors (Lipinski definition) is 1. The lowest BCUT2D eigenvalue weighted by Gasteiger charge is -2.34. The molecule has 1 saturated heterocycles. The fraction of sp³-hybridized carbons (Fsp3) is 0.476. The van der Waals surface area contributed by atoms with Crippen LogP contribution < -0.4 is 9.47 Å². The first-order valence-electron chi connectivity index (χ1n) is 9.53. The molecule has 0 spiro atoms. The standard InChI is InChI=1S/C21H28N2O5/c1-26-18-5-7-19(8-6-18)28-15-17(24)14-22-12-9-16(10-13-22)23-11-3-4-20(23)21(25)27-2/h3-8,11,16-17,24H,9-10,12-15H2,1-2H3. The number of hydrogen-bond acceptors (Lipinski definition) is 6. The van der Waals surface area contributed by atoms with Crippen LogP contribution in [-0.4, -0.2) is 67.1 Å². The molecule has 0 bridgehead atoms. The van der Waals surface area contributed by atoms with E-state index in [1.54, 1.807) is 13.2 Å². The normalized spacial score (nSPS) is 16.5. The molecule has 28 heavy (non-hydrogen) atoms. The fourth-order valence-electron chi connectivity index (χ4n) is 3.58. The smallest absolute Gasteiger partial charge is 0.354 e. The summed E-state index contributed by atoms with van der Waals surface area (Å²) >= 11 is 0. The molecule has 1 aliphatic heterocycles. The van der Waals surface area contributed by atoms with Crippen LogP contribution in [0.25, 0.3) is 0 Å². The van der Waals surface area contributed by atoms with E-state index in [0.717, 1.165) is 31.7 Å². The Labute approximate surface area is 165 Å². The summed E-state index contributed by atoms with van der Waals surface area (Å²) in [6.07, 6.45) is 3.22. The number of aromatic nitrogens is 1. The third kappa shape index (κ3) is 5.05. The third-order valence-electron chi connectivity index (χ3n) is 5.09. The van der Waals surface area contributed by atoms with E-state index >= 15 is 0 Å². The highest BCUT2D eigenvalue weighted by Gasteiger charge is 2.25. The van der Waals surface area contributed by atoms with Crippen molar-refractivity contribution in [2.24, 2.45) is 0 Å². The van der Waals surface area contributed by atoms with E-state index < -0.39 is 6.10 Å². The summed E-state index contributed by atoms with van der Waals surface area (Å²) in [5.41, 5.74) is 0.592. The van der Waals surface area contributed by atoms with Gasteiger partial charge in [0.1, 0.15) is 29.9 Å². The third-order valence-corrected chi connectivity index (χ3v) is 5.09. The molecule has 1 aliphatic rings. The summed E-state index contributed by atoms with van der Waals surface area (Å²) in [7, 11) is 3.02. The lowest BCUT2D eigenvalue weighted by molar-refractivity contribution is 0.0532. The van der Waals surface area contributed by atoms with Gasteiger partial charge in [-0.1, -0.05) is 0 Å². The van der Waals surface area contributed by atoms with E-state index in [1.165, 1.54) is 7.11 Å². The molecule has 0 aliphatic carbocycles. The SMILES string of the molecule is COC(=O)c1cccn1C1CCN(CC(O)COc2ccc(OC)cc2)CC1. The maximum Gasteiger partial charge on any atom is 0.354 e. The van der Waals surface area contributed by atoms with E-state index in [0.29, 0.717) is 18.0 Å². The monoisotopic (exact) mass is 388 g/mol. The largest absolute Gasteiger partial charge is 0.497 e. The molecule has 0 amide bonds. The molecule has 0 radical (unpaired) electrons. The molecule has 1 aromatic heterocycles. The Kier molecular flexibility index (Phi) is 6.95. The minimum atomic E-state index is -0.559. The number of aliphatic hydroxyl groups is 1. The Balaban J connectivity index is 1.43. The Hall–Kier alpha value is -2.51. The van der Waals surface area contributed by atoms with Crippen molar-refractivity contribution in [2.45, 2.75) is 25.0 Å². The Morgan fingerprint density at radius 1 is 1.14 bits per heavy atom. The number of rotatable bonds is 8. The number of nitrogens with zero attached hydrogens (tertiary/aromatic N) is 2. The van der Waals surface area contributed by atoms with E-state index in [-0.39, 0.29) is 18.6 Å². The Morgan fingerprint density at radius 2 is 1.82 bits per heavy atom. The molecule has 152 valence electrons.